The SMILES string of the molecule is O=C(Nc1cc(Br)ccc1O)C1COc2ccccc2C1. The van der Waals surface area contributed by atoms with E-state index in [1.54, 1.807) is 12.1 Å². The van der Waals surface area contributed by atoms with Crippen molar-refractivity contribution in [2.45, 2.75) is 6.42 Å². The zero-order valence-corrected chi connectivity index (χ0v) is 12.8. The molecular formula is C16H14BrNO3. The van der Waals surface area contributed by atoms with Crippen LogP contribution in [0.2, 0.25) is 0 Å². The Bertz CT molecular complexity index is 687. The number of nitrogens with one attached hydrogen (secondary N) is 1. The molecule has 0 saturated carbocycles. The van der Waals surface area contributed by atoms with Gasteiger partial charge in [0.15, 0.2) is 0 Å². The Morgan fingerprint density at radius 2 is 2.10 bits per heavy atom. The summed E-state index contributed by atoms with van der Waals surface area (Å²) in [6, 6.07) is 12.6. The van der Waals surface area contributed by atoms with Gasteiger partial charge in [-0.05, 0) is 36.2 Å². The summed E-state index contributed by atoms with van der Waals surface area (Å²) in [5.41, 5.74) is 1.43. The van der Waals surface area contributed by atoms with Crippen LogP contribution in [0.5, 0.6) is 11.5 Å². The maximum Gasteiger partial charge on any atom is 0.231 e. The number of halogens is 1. The van der Waals surface area contributed by atoms with Gasteiger partial charge in [0.2, 0.25) is 5.91 Å². The van der Waals surface area contributed by atoms with E-state index in [0.717, 1.165) is 15.8 Å². The van der Waals surface area contributed by atoms with Gasteiger partial charge in [-0.15, -0.1) is 0 Å². The molecule has 21 heavy (non-hydrogen) atoms. The highest BCUT2D eigenvalue weighted by molar-refractivity contribution is 9.10. The van der Waals surface area contributed by atoms with E-state index >= 15 is 0 Å². The first kappa shape index (κ1) is 13.9. The van der Waals surface area contributed by atoms with E-state index in [1.165, 1.54) is 6.07 Å². The van der Waals surface area contributed by atoms with Gasteiger partial charge in [-0.3, -0.25) is 4.79 Å². The Kier molecular flexibility index (Phi) is 3.84. The van der Waals surface area contributed by atoms with E-state index < -0.39 is 0 Å². The molecule has 2 N–H and O–H groups in total. The Morgan fingerprint density at radius 3 is 2.95 bits per heavy atom. The normalized spacial score (nSPS) is 16.7. The van der Waals surface area contributed by atoms with Gasteiger partial charge in [0.05, 0.1) is 11.6 Å². The Balaban J connectivity index is 1.74. The topological polar surface area (TPSA) is 58.6 Å². The van der Waals surface area contributed by atoms with E-state index in [9.17, 15) is 9.90 Å². The number of phenols is 1. The number of para-hydroxylation sites is 1. The van der Waals surface area contributed by atoms with Gasteiger partial charge >= 0.3 is 0 Å². The van der Waals surface area contributed by atoms with Crippen LogP contribution in [0.25, 0.3) is 0 Å². The number of carbonyl (C=O) groups is 1. The molecule has 3 rings (SSSR count). The number of benzene rings is 2. The van der Waals surface area contributed by atoms with Crippen molar-refractivity contribution in [3.63, 3.8) is 0 Å². The van der Waals surface area contributed by atoms with Gasteiger partial charge in [0, 0.05) is 4.47 Å². The minimum absolute atomic E-state index is 0.0451. The van der Waals surface area contributed by atoms with Gasteiger partial charge in [0.25, 0.3) is 0 Å². The molecule has 1 amide bonds. The number of rotatable bonds is 2. The third kappa shape index (κ3) is 3.03. The van der Waals surface area contributed by atoms with Crippen LogP contribution in [0.4, 0.5) is 5.69 Å². The summed E-state index contributed by atoms with van der Waals surface area (Å²) in [5.74, 6) is 0.465. The number of hydrogen-bond donors (Lipinski definition) is 2. The van der Waals surface area contributed by atoms with Crippen LogP contribution in [0.15, 0.2) is 46.9 Å². The number of anilines is 1. The van der Waals surface area contributed by atoms with Crippen molar-refractivity contribution in [2.75, 3.05) is 11.9 Å². The molecule has 0 aromatic heterocycles. The maximum absolute atomic E-state index is 12.3. The first-order valence-electron chi connectivity index (χ1n) is 6.63. The lowest BCUT2D eigenvalue weighted by atomic mass is 9.96. The molecule has 108 valence electrons. The average molecular weight is 348 g/mol. The fourth-order valence-electron chi connectivity index (χ4n) is 2.34. The highest BCUT2D eigenvalue weighted by Gasteiger charge is 2.26. The minimum atomic E-state index is -0.265. The van der Waals surface area contributed by atoms with Gasteiger partial charge in [-0.1, -0.05) is 34.1 Å². The second-order valence-electron chi connectivity index (χ2n) is 4.97. The number of amides is 1. The molecule has 2 aromatic rings. The first-order valence-corrected chi connectivity index (χ1v) is 7.43. The smallest absolute Gasteiger partial charge is 0.231 e. The van der Waals surface area contributed by atoms with E-state index in [-0.39, 0.29) is 17.6 Å². The van der Waals surface area contributed by atoms with Crippen LogP contribution in [0.1, 0.15) is 5.56 Å². The second-order valence-corrected chi connectivity index (χ2v) is 5.89. The van der Waals surface area contributed by atoms with Gasteiger partial charge in [0.1, 0.15) is 18.1 Å². The third-order valence-electron chi connectivity index (χ3n) is 3.47. The van der Waals surface area contributed by atoms with Crippen molar-refractivity contribution in [1.82, 2.24) is 0 Å². The van der Waals surface area contributed by atoms with Crippen molar-refractivity contribution >= 4 is 27.5 Å². The summed E-state index contributed by atoms with van der Waals surface area (Å²) in [6.45, 7) is 0.345. The summed E-state index contributed by atoms with van der Waals surface area (Å²) in [4.78, 5) is 12.3. The van der Waals surface area contributed by atoms with Gasteiger partial charge < -0.3 is 15.2 Å². The van der Waals surface area contributed by atoms with Crippen molar-refractivity contribution in [2.24, 2.45) is 5.92 Å². The summed E-state index contributed by atoms with van der Waals surface area (Å²) < 4.78 is 6.41. The average Bonchev–Trinajstić information content (AvgIpc) is 2.50. The Morgan fingerprint density at radius 1 is 1.29 bits per heavy atom. The van der Waals surface area contributed by atoms with E-state index in [0.29, 0.717) is 18.7 Å². The molecule has 1 aliphatic heterocycles. The molecule has 0 bridgehead atoms. The molecule has 1 unspecified atom stereocenters. The molecule has 0 radical (unpaired) electrons. The molecule has 1 atom stereocenters. The summed E-state index contributed by atoms with van der Waals surface area (Å²) in [5, 5.41) is 12.5. The molecule has 4 nitrogen and oxygen atoms in total. The maximum atomic E-state index is 12.3. The minimum Gasteiger partial charge on any atom is -0.506 e. The monoisotopic (exact) mass is 347 g/mol. The summed E-state index contributed by atoms with van der Waals surface area (Å²) in [6.07, 6.45) is 0.636. The standard InChI is InChI=1S/C16H14BrNO3/c17-12-5-6-14(19)13(8-12)18-16(20)11-7-10-3-1-2-4-15(10)21-9-11/h1-6,8,11,19H,7,9H2,(H,18,20). The fraction of sp³-hybridized carbons (Fsp3) is 0.188. The molecule has 2 aromatic carbocycles. The molecule has 1 aliphatic rings. The van der Waals surface area contributed by atoms with E-state index in [2.05, 4.69) is 21.2 Å². The quantitative estimate of drug-likeness (QED) is 0.819. The van der Waals surface area contributed by atoms with Gasteiger partial charge in [-0.25, -0.2) is 0 Å². The largest absolute Gasteiger partial charge is 0.506 e. The third-order valence-corrected chi connectivity index (χ3v) is 3.96. The summed E-state index contributed by atoms with van der Waals surface area (Å²) >= 11 is 3.32. The zero-order valence-electron chi connectivity index (χ0n) is 11.2. The van der Waals surface area contributed by atoms with Gasteiger partial charge in [-0.2, -0.15) is 0 Å². The van der Waals surface area contributed by atoms with Crippen LogP contribution >= 0.6 is 15.9 Å². The number of aromatic hydroxyl groups is 1. The van der Waals surface area contributed by atoms with Crippen LogP contribution in [-0.2, 0) is 11.2 Å². The lowest BCUT2D eigenvalue weighted by Gasteiger charge is -2.24. The molecule has 1 heterocycles. The predicted molar refractivity (Wildman–Crippen MR) is 83.6 cm³/mol. The van der Waals surface area contributed by atoms with Crippen LogP contribution in [-0.4, -0.2) is 17.6 Å². The number of hydrogen-bond acceptors (Lipinski definition) is 3. The summed E-state index contributed by atoms with van der Waals surface area (Å²) in [7, 11) is 0. The van der Waals surface area contributed by atoms with Crippen molar-refractivity contribution in [3.05, 3.63) is 52.5 Å². The highest BCUT2D eigenvalue weighted by atomic mass is 79.9. The Labute approximate surface area is 130 Å². The lowest BCUT2D eigenvalue weighted by molar-refractivity contribution is -0.121. The van der Waals surface area contributed by atoms with E-state index in [4.69, 9.17) is 4.74 Å². The molecule has 0 spiro atoms. The molecular weight excluding hydrogens is 334 g/mol. The molecule has 0 fully saturated rings. The van der Waals surface area contributed by atoms with Crippen molar-refractivity contribution in [1.29, 1.82) is 0 Å². The Hall–Kier alpha value is -2.01. The number of carbonyl (C=O) groups excluding carboxylic acids is 1. The van der Waals surface area contributed by atoms with Crippen LogP contribution in [0, 0.1) is 5.92 Å². The van der Waals surface area contributed by atoms with Crippen molar-refractivity contribution < 1.29 is 14.6 Å². The number of ether oxygens (including phenoxy) is 1. The number of fused-ring (bicyclic) bond motifs is 1. The molecule has 0 saturated heterocycles. The fourth-order valence-corrected chi connectivity index (χ4v) is 2.70. The van der Waals surface area contributed by atoms with Crippen LogP contribution in [0.3, 0.4) is 0 Å². The first-order chi connectivity index (χ1) is 10.1. The predicted octanol–water partition coefficient (Wildman–Crippen LogP) is 3.34. The van der Waals surface area contributed by atoms with Crippen molar-refractivity contribution in [3.8, 4) is 11.5 Å². The molecule has 0 aliphatic carbocycles. The molecule has 5 heteroatoms. The van der Waals surface area contributed by atoms with Crippen LogP contribution < -0.4 is 10.1 Å². The second kappa shape index (κ2) is 5.77. The lowest BCUT2D eigenvalue weighted by Crippen LogP contribution is -2.32. The number of phenolic OH excluding ortho intramolecular Hbond substituents is 1. The zero-order chi connectivity index (χ0) is 14.8. The highest BCUT2D eigenvalue weighted by Crippen LogP contribution is 2.30. The van der Waals surface area contributed by atoms with E-state index in [1.807, 2.05) is 24.3 Å².